The van der Waals surface area contributed by atoms with Gasteiger partial charge in [0.2, 0.25) is 0 Å². The second-order valence-electron chi connectivity index (χ2n) is 13.3. The van der Waals surface area contributed by atoms with Crippen LogP contribution in [0.1, 0.15) is 0 Å². The molecule has 238 valence electrons. The molecule has 11 rings (SSSR count). The average Bonchev–Trinajstić information content (AvgIpc) is 3.74. The van der Waals surface area contributed by atoms with Crippen LogP contribution in [0.5, 0.6) is 0 Å². The molecule has 2 aromatic heterocycles. The van der Waals surface area contributed by atoms with Crippen LogP contribution in [0.4, 0.5) is 17.1 Å². The van der Waals surface area contributed by atoms with E-state index in [1.165, 1.54) is 43.2 Å². The molecule has 9 aromatic carbocycles. The molecule has 3 heteroatoms. The minimum Gasteiger partial charge on any atom is -0.455 e. The number of hydrogen-bond donors (Lipinski definition) is 0. The molecule has 0 amide bonds. The van der Waals surface area contributed by atoms with E-state index >= 15 is 0 Å². The van der Waals surface area contributed by atoms with Crippen LogP contribution in [0.25, 0.3) is 81.7 Å². The van der Waals surface area contributed by atoms with Crippen molar-refractivity contribution in [1.82, 2.24) is 4.57 Å². The van der Waals surface area contributed by atoms with Crippen LogP contribution in [0.2, 0.25) is 0 Å². The third-order valence-electron chi connectivity index (χ3n) is 10.5. The normalized spacial score (nSPS) is 11.9. The fourth-order valence-electron chi connectivity index (χ4n) is 8.33. The van der Waals surface area contributed by atoms with Crippen molar-refractivity contribution in [1.29, 1.82) is 0 Å². The van der Waals surface area contributed by atoms with Crippen LogP contribution in [0, 0.1) is 0 Å². The zero-order chi connectivity index (χ0) is 33.5. The first-order valence-corrected chi connectivity index (χ1v) is 17.4. The molecular weight excluding hydrogens is 621 g/mol. The molecule has 11 aromatic rings. The molecule has 0 saturated carbocycles. The Kier molecular flexibility index (Phi) is 5.96. The first-order valence-electron chi connectivity index (χ1n) is 17.4. The molecule has 0 N–H and O–H groups in total. The number of para-hydroxylation sites is 3. The van der Waals surface area contributed by atoms with E-state index in [0.717, 1.165) is 55.6 Å². The highest BCUT2D eigenvalue weighted by atomic mass is 16.3. The molecule has 0 atom stereocenters. The van der Waals surface area contributed by atoms with Gasteiger partial charge in [0.1, 0.15) is 11.2 Å². The van der Waals surface area contributed by atoms with Crippen LogP contribution in [0.3, 0.4) is 0 Å². The number of aromatic nitrogens is 1. The maximum Gasteiger partial charge on any atom is 0.145 e. The van der Waals surface area contributed by atoms with Gasteiger partial charge >= 0.3 is 0 Å². The first kappa shape index (κ1) is 28.0. The Bertz CT molecular complexity index is 3100. The Morgan fingerprint density at radius 2 is 0.882 bits per heavy atom. The summed E-state index contributed by atoms with van der Waals surface area (Å²) in [5.41, 5.74) is 8.51. The number of rotatable bonds is 4. The number of furan rings is 1. The summed E-state index contributed by atoms with van der Waals surface area (Å²) in [5, 5.41) is 12.1. The first-order chi connectivity index (χ1) is 25.3. The maximum atomic E-state index is 6.78. The van der Waals surface area contributed by atoms with E-state index in [1.54, 1.807) is 0 Å². The van der Waals surface area contributed by atoms with Gasteiger partial charge in [-0.2, -0.15) is 0 Å². The smallest absolute Gasteiger partial charge is 0.145 e. The number of nitrogens with zero attached hydrogens (tertiary/aromatic N) is 2. The van der Waals surface area contributed by atoms with Crippen LogP contribution in [-0.4, -0.2) is 4.57 Å². The monoisotopic (exact) mass is 650 g/mol. The van der Waals surface area contributed by atoms with Crippen molar-refractivity contribution in [3.05, 3.63) is 182 Å². The minimum absolute atomic E-state index is 0.877. The summed E-state index contributed by atoms with van der Waals surface area (Å²) in [6, 6.07) is 65.4. The average molecular weight is 651 g/mol. The van der Waals surface area contributed by atoms with E-state index in [2.05, 4.69) is 191 Å². The fraction of sp³-hybridized carbons (Fsp3) is 0. The van der Waals surface area contributed by atoms with E-state index < -0.39 is 0 Å². The summed E-state index contributed by atoms with van der Waals surface area (Å²) in [6.07, 6.45) is 0. The Morgan fingerprint density at radius 1 is 0.353 bits per heavy atom. The molecule has 0 aliphatic carbocycles. The van der Waals surface area contributed by atoms with Gasteiger partial charge in [-0.3, -0.25) is 0 Å². The van der Waals surface area contributed by atoms with Gasteiger partial charge in [0, 0.05) is 38.9 Å². The molecule has 0 fully saturated rings. The highest BCUT2D eigenvalue weighted by Gasteiger charge is 2.21. The SMILES string of the molecule is c1ccc(N(c2ccc3oc4c(ccc5c4c4ccccc4n5-c4ccccc4)c3c2)c2ccc3c4ccccc4c4ccccc4c3c2)cc1. The molecule has 0 radical (unpaired) electrons. The van der Waals surface area contributed by atoms with Crippen molar-refractivity contribution in [2.24, 2.45) is 0 Å². The lowest BCUT2D eigenvalue weighted by molar-refractivity contribution is 0.673. The Labute approximate surface area is 293 Å². The summed E-state index contributed by atoms with van der Waals surface area (Å²) < 4.78 is 9.12. The molecule has 0 unspecified atom stereocenters. The van der Waals surface area contributed by atoms with Crippen molar-refractivity contribution < 1.29 is 4.42 Å². The lowest BCUT2D eigenvalue weighted by Crippen LogP contribution is -2.09. The molecule has 0 saturated heterocycles. The predicted octanol–water partition coefficient (Wildman–Crippen LogP) is 13.6. The summed E-state index contributed by atoms with van der Waals surface area (Å²) in [7, 11) is 0. The zero-order valence-corrected chi connectivity index (χ0v) is 27.6. The van der Waals surface area contributed by atoms with Gasteiger partial charge in [-0.05, 0) is 105 Å². The number of benzene rings is 9. The molecule has 0 bridgehead atoms. The molecule has 2 heterocycles. The van der Waals surface area contributed by atoms with Gasteiger partial charge in [-0.25, -0.2) is 0 Å². The minimum atomic E-state index is 0.877. The van der Waals surface area contributed by atoms with Gasteiger partial charge in [0.25, 0.3) is 0 Å². The molecular formula is C48H30N2O. The van der Waals surface area contributed by atoms with E-state index in [0.29, 0.717) is 0 Å². The Hall–Kier alpha value is -6.84. The highest BCUT2D eigenvalue weighted by Crippen LogP contribution is 2.44. The predicted molar refractivity (Wildman–Crippen MR) is 215 cm³/mol. The van der Waals surface area contributed by atoms with Crippen molar-refractivity contribution >= 4 is 93.1 Å². The second kappa shape index (κ2) is 10.8. The number of hydrogen-bond acceptors (Lipinski definition) is 2. The summed E-state index contributed by atoms with van der Waals surface area (Å²) in [4.78, 5) is 2.36. The van der Waals surface area contributed by atoms with E-state index in [1.807, 2.05) is 0 Å². The number of anilines is 3. The molecule has 0 spiro atoms. The fourth-order valence-corrected chi connectivity index (χ4v) is 8.33. The third kappa shape index (κ3) is 4.12. The summed E-state index contributed by atoms with van der Waals surface area (Å²) >= 11 is 0. The summed E-state index contributed by atoms with van der Waals surface area (Å²) in [6.45, 7) is 0. The summed E-state index contributed by atoms with van der Waals surface area (Å²) in [5.74, 6) is 0. The largest absolute Gasteiger partial charge is 0.455 e. The topological polar surface area (TPSA) is 21.3 Å². The third-order valence-corrected chi connectivity index (χ3v) is 10.5. The van der Waals surface area contributed by atoms with Crippen LogP contribution >= 0.6 is 0 Å². The van der Waals surface area contributed by atoms with E-state index in [4.69, 9.17) is 4.42 Å². The quantitative estimate of drug-likeness (QED) is 0.177. The van der Waals surface area contributed by atoms with Gasteiger partial charge in [0.15, 0.2) is 0 Å². The molecule has 0 aliphatic rings. The van der Waals surface area contributed by atoms with Crippen molar-refractivity contribution in [2.75, 3.05) is 4.90 Å². The van der Waals surface area contributed by atoms with Gasteiger partial charge < -0.3 is 13.9 Å². The Balaban J connectivity index is 1.15. The van der Waals surface area contributed by atoms with Crippen molar-refractivity contribution in [3.63, 3.8) is 0 Å². The molecule has 0 aliphatic heterocycles. The van der Waals surface area contributed by atoms with Crippen LogP contribution in [0.15, 0.2) is 186 Å². The lowest BCUT2D eigenvalue weighted by Gasteiger charge is -2.26. The standard InChI is InChI=1S/C48H30N2O/c1-3-13-31(14-4-1)49(33-23-25-39-37-19-8-7-17-35(37)36-18-9-10-20-38(36)42(39)29-33)34-24-28-46-43(30-34)40-26-27-45-47(48(40)51-46)41-21-11-12-22-44(41)50(45)32-15-5-2-6-16-32/h1-30H. The van der Waals surface area contributed by atoms with E-state index in [9.17, 15) is 0 Å². The second-order valence-corrected chi connectivity index (χ2v) is 13.3. The molecule has 3 nitrogen and oxygen atoms in total. The highest BCUT2D eigenvalue weighted by molar-refractivity contribution is 6.26. The maximum absolute atomic E-state index is 6.78. The Morgan fingerprint density at radius 3 is 1.59 bits per heavy atom. The lowest BCUT2D eigenvalue weighted by atomic mass is 9.94. The zero-order valence-electron chi connectivity index (χ0n) is 27.6. The molecule has 51 heavy (non-hydrogen) atoms. The van der Waals surface area contributed by atoms with Gasteiger partial charge in [0.05, 0.1) is 16.4 Å². The van der Waals surface area contributed by atoms with E-state index in [-0.39, 0.29) is 0 Å². The number of fused-ring (bicyclic) bond motifs is 13. The van der Waals surface area contributed by atoms with Crippen LogP contribution < -0.4 is 4.90 Å². The van der Waals surface area contributed by atoms with Crippen LogP contribution in [-0.2, 0) is 0 Å². The van der Waals surface area contributed by atoms with Gasteiger partial charge in [-0.15, -0.1) is 0 Å². The van der Waals surface area contributed by atoms with Crippen molar-refractivity contribution in [3.8, 4) is 5.69 Å². The van der Waals surface area contributed by atoms with Crippen molar-refractivity contribution in [2.45, 2.75) is 0 Å². The van der Waals surface area contributed by atoms with Gasteiger partial charge in [-0.1, -0.05) is 109 Å².